The largest absolute Gasteiger partial charge is 0.489 e. The van der Waals surface area contributed by atoms with Crippen LogP contribution >= 0.6 is 0 Å². The first-order chi connectivity index (χ1) is 10.1. The normalized spacial score (nSPS) is 23.1. The van der Waals surface area contributed by atoms with E-state index in [2.05, 4.69) is 5.32 Å². The second kappa shape index (κ2) is 5.23. The van der Waals surface area contributed by atoms with Crippen LogP contribution in [0.15, 0.2) is 12.1 Å². The average molecular weight is 292 g/mol. The van der Waals surface area contributed by atoms with Gasteiger partial charge in [0.15, 0.2) is 11.5 Å². The lowest BCUT2D eigenvalue weighted by Gasteiger charge is -2.11. The van der Waals surface area contributed by atoms with E-state index in [-0.39, 0.29) is 23.2 Å². The summed E-state index contributed by atoms with van der Waals surface area (Å²) in [4.78, 5) is 22.6. The van der Waals surface area contributed by atoms with Gasteiger partial charge < -0.3 is 14.8 Å². The molecule has 1 amide bonds. The number of fused-ring (bicyclic) bond motifs is 1. The summed E-state index contributed by atoms with van der Waals surface area (Å²) in [6, 6.07) is 2.79. The van der Waals surface area contributed by atoms with Crippen molar-refractivity contribution in [3.8, 4) is 11.5 Å². The van der Waals surface area contributed by atoms with Crippen LogP contribution in [0.25, 0.3) is 0 Å². The molecule has 112 valence electrons. The Labute approximate surface area is 121 Å². The molecule has 0 radical (unpaired) electrons. The topological polar surface area (TPSA) is 90.7 Å². The third-order valence-electron chi connectivity index (χ3n) is 3.77. The number of ether oxygens (including phenoxy) is 2. The van der Waals surface area contributed by atoms with E-state index >= 15 is 0 Å². The number of nitro groups is 1. The van der Waals surface area contributed by atoms with E-state index in [0.717, 1.165) is 6.42 Å². The van der Waals surface area contributed by atoms with Crippen LogP contribution in [-0.4, -0.2) is 24.0 Å². The maximum Gasteiger partial charge on any atom is 0.296 e. The summed E-state index contributed by atoms with van der Waals surface area (Å²) in [5.74, 6) is 0.874. The molecule has 21 heavy (non-hydrogen) atoms. The summed E-state index contributed by atoms with van der Waals surface area (Å²) in [5, 5.41) is 13.8. The Balaban J connectivity index is 1.91. The molecule has 1 aromatic rings. The predicted molar refractivity (Wildman–Crippen MR) is 74.6 cm³/mol. The highest BCUT2D eigenvalue weighted by atomic mass is 16.6. The molecule has 1 aliphatic carbocycles. The molecule has 7 nitrogen and oxygen atoms in total. The van der Waals surface area contributed by atoms with Gasteiger partial charge in [0.05, 0.1) is 24.2 Å². The number of anilines is 1. The minimum atomic E-state index is -0.527. The number of rotatable bonds is 3. The summed E-state index contributed by atoms with van der Waals surface area (Å²) in [6.45, 7) is 2.92. The number of nitrogens with zero attached hydrogens (tertiary/aromatic N) is 1. The molecule has 1 aliphatic heterocycles. The maximum atomic E-state index is 12.0. The van der Waals surface area contributed by atoms with Crippen molar-refractivity contribution in [3.05, 3.63) is 22.2 Å². The summed E-state index contributed by atoms with van der Waals surface area (Å²) >= 11 is 0. The lowest BCUT2D eigenvalue weighted by Crippen LogP contribution is -2.15. The van der Waals surface area contributed by atoms with Crippen molar-refractivity contribution in [3.63, 3.8) is 0 Å². The zero-order valence-electron chi connectivity index (χ0n) is 11.6. The molecule has 0 aromatic heterocycles. The first kappa shape index (κ1) is 13.7. The highest BCUT2D eigenvalue weighted by Gasteiger charge is 2.39. The summed E-state index contributed by atoms with van der Waals surface area (Å²) in [5.41, 5.74) is -0.0192. The molecular weight excluding hydrogens is 276 g/mol. The molecule has 1 fully saturated rings. The molecule has 1 aromatic carbocycles. The molecule has 0 spiro atoms. The predicted octanol–water partition coefficient (Wildman–Crippen LogP) is 2.35. The van der Waals surface area contributed by atoms with Crippen LogP contribution in [0.2, 0.25) is 0 Å². The van der Waals surface area contributed by atoms with Gasteiger partial charge in [-0.1, -0.05) is 6.92 Å². The van der Waals surface area contributed by atoms with Crippen LogP contribution < -0.4 is 14.8 Å². The number of hydrogen-bond acceptors (Lipinski definition) is 5. The van der Waals surface area contributed by atoms with Crippen molar-refractivity contribution in [1.29, 1.82) is 0 Å². The lowest BCUT2D eigenvalue weighted by atomic mass is 10.2. The van der Waals surface area contributed by atoms with E-state index in [1.807, 2.05) is 6.92 Å². The molecule has 1 N–H and O–H groups in total. The Hall–Kier alpha value is -2.31. The molecule has 3 rings (SSSR count). The van der Waals surface area contributed by atoms with Gasteiger partial charge in [-0.15, -0.1) is 0 Å². The Morgan fingerprint density at radius 3 is 2.52 bits per heavy atom. The van der Waals surface area contributed by atoms with Gasteiger partial charge in [-0.25, -0.2) is 0 Å². The number of nitrogens with one attached hydrogen (secondary N) is 1. The van der Waals surface area contributed by atoms with Gasteiger partial charge in [0.2, 0.25) is 5.91 Å². The first-order valence-corrected chi connectivity index (χ1v) is 6.95. The van der Waals surface area contributed by atoms with Crippen molar-refractivity contribution in [1.82, 2.24) is 0 Å². The fraction of sp³-hybridized carbons (Fsp3) is 0.500. The minimum absolute atomic E-state index is 0.0550. The van der Waals surface area contributed by atoms with E-state index in [1.165, 1.54) is 12.1 Å². The summed E-state index contributed by atoms with van der Waals surface area (Å²) in [7, 11) is 0. The Kier molecular flexibility index (Phi) is 3.40. The number of carbonyl (C=O) groups excluding carboxylic acids is 1. The van der Waals surface area contributed by atoms with Crippen LogP contribution in [0.1, 0.15) is 19.8 Å². The first-order valence-electron chi connectivity index (χ1n) is 6.95. The number of amides is 1. The van der Waals surface area contributed by atoms with Gasteiger partial charge >= 0.3 is 0 Å². The average Bonchev–Trinajstić information content (AvgIpc) is 3.19. The fourth-order valence-electron chi connectivity index (χ4n) is 2.36. The molecule has 0 unspecified atom stereocenters. The van der Waals surface area contributed by atoms with Gasteiger partial charge in [0.25, 0.3) is 5.69 Å². The lowest BCUT2D eigenvalue weighted by molar-refractivity contribution is -0.384. The van der Waals surface area contributed by atoms with Gasteiger partial charge in [-0.05, 0) is 12.3 Å². The zero-order valence-corrected chi connectivity index (χ0v) is 11.6. The Bertz CT molecular complexity index is 601. The van der Waals surface area contributed by atoms with Gasteiger partial charge in [0, 0.05) is 18.4 Å². The van der Waals surface area contributed by atoms with Crippen LogP contribution in [0.3, 0.4) is 0 Å². The molecule has 2 aliphatic rings. The van der Waals surface area contributed by atoms with E-state index in [9.17, 15) is 14.9 Å². The quantitative estimate of drug-likeness (QED) is 0.682. The van der Waals surface area contributed by atoms with Gasteiger partial charge in [-0.3, -0.25) is 14.9 Å². The van der Waals surface area contributed by atoms with Crippen molar-refractivity contribution >= 4 is 17.3 Å². The van der Waals surface area contributed by atoms with Crippen molar-refractivity contribution in [2.75, 3.05) is 18.5 Å². The molecule has 7 heteroatoms. The Morgan fingerprint density at radius 1 is 1.33 bits per heavy atom. The van der Waals surface area contributed by atoms with Crippen LogP contribution in [0, 0.1) is 22.0 Å². The second-order valence-electron chi connectivity index (χ2n) is 5.43. The summed E-state index contributed by atoms with van der Waals surface area (Å²) < 4.78 is 10.9. The van der Waals surface area contributed by atoms with Crippen molar-refractivity contribution in [2.45, 2.75) is 19.8 Å². The SMILES string of the molecule is C[C@@H]1C[C@H]1C(=O)Nc1cc2c(cc1[N+](=O)[O-])OCCCO2. The highest BCUT2D eigenvalue weighted by molar-refractivity contribution is 5.96. The van der Waals surface area contributed by atoms with Gasteiger partial charge in [-0.2, -0.15) is 0 Å². The van der Waals surface area contributed by atoms with Crippen LogP contribution in [0.4, 0.5) is 11.4 Å². The Morgan fingerprint density at radius 2 is 1.95 bits per heavy atom. The maximum absolute atomic E-state index is 12.0. The smallest absolute Gasteiger partial charge is 0.296 e. The van der Waals surface area contributed by atoms with E-state index in [4.69, 9.17) is 9.47 Å². The number of benzene rings is 1. The molecule has 1 heterocycles. The zero-order chi connectivity index (χ0) is 15.0. The van der Waals surface area contributed by atoms with E-state index < -0.39 is 4.92 Å². The third kappa shape index (κ3) is 2.76. The fourth-order valence-corrected chi connectivity index (χ4v) is 2.36. The monoisotopic (exact) mass is 292 g/mol. The van der Waals surface area contributed by atoms with E-state index in [1.54, 1.807) is 0 Å². The third-order valence-corrected chi connectivity index (χ3v) is 3.77. The molecule has 0 saturated heterocycles. The molecule has 0 bridgehead atoms. The standard InChI is InChI=1S/C14H16N2O5/c1-8-5-9(8)14(17)15-10-6-12-13(7-11(10)16(18)19)21-4-2-3-20-12/h6-9H,2-5H2,1H3,(H,15,17)/t8-,9-/m1/s1. The highest BCUT2D eigenvalue weighted by Crippen LogP contribution is 2.42. The minimum Gasteiger partial charge on any atom is -0.489 e. The summed E-state index contributed by atoms with van der Waals surface area (Å²) in [6.07, 6.45) is 1.54. The molecule has 1 saturated carbocycles. The molecular formula is C14H16N2O5. The van der Waals surface area contributed by atoms with E-state index in [0.29, 0.717) is 37.1 Å². The number of carbonyl (C=O) groups is 1. The second-order valence-corrected chi connectivity index (χ2v) is 5.43. The number of nitro benzene ring substituents is 1. The van der Waals surface area contributed by atoms with Gasteiger partial charge in [0.1, 0.15) is 5.69 Å². The number of hydrogen-bond donors (Lipinski definition) is 1. The van der Waals surface area contributed by atoms with Crippen LogP contribution in [-0.2, 0) is 4.79 Å². The van der Waals surface area contributed by atoms with Crippen molar-refractivity contribution in [2.24, 2.45) is 11.8 Å². The molecule has 2 atom stereocenters. The van der Waals surface area contributed by atoms with Crippen LogP contribution in [0.5, 0.6) is 11.5 Å². The van der Waals surface area contributed by atoms with Crippen molar-refractivity contribution < 1.29 is 19.2 Å².